The van der Waals surface area contributed by atoms with E-state index in [1.807, 2.05) is 18.2 Å². The van der Waals surface area contributed by atoms with Gasteiger partial charge in [-0.3, -0.25) is 9.59 Å². The molecular weight excluding hydrogens is 369 g/mol. The van der Waals surface area contributed by atoms with Gasteiger partial charge in [0.25, 0.3) is 5.91 Å². The van der Waals surface area contributed by atoms with Crippen molar-refractivity contribution in [1.82, 2.24) is 0 Å². The maximum atomic E-state index is 11.7. The molecule has 0 heterocycles. The number of anilines is 1. The fraction of sp³-hybridized carbons (Fsp3) is 0.467. The molecule has 2 rings (SSSR count). The van der Waals surface area contributed by atoms with Gasteiger partial charge < -0.3 is 10.1 Å². The minimum atomic E-state index is -0.299. The average molecular weight is 387 g/mol. The molecule has 0 saturated heterocycles. The van der Waals surface area contributed by atoms with E-state index >= 15 is 0 Å². The van der Waals surface area contributed by atoms with Crippen LogP contribution in [0.2, 0.25) is 0 Å². The molecule has 0 radical (unpaired) electrons. The second-order valence-corrected chi connectivity index (χ2v) is 6.32. The Balaban J connectivity index is 1.70. The summed E-state index contributed by atoms with van der Waals surface area (Å²) in [6.45, 7) is -0.211. The molecule has 1 amide bonds. The van der Waals surface area contributed by atoms with E-state index in [9.17, 15) is 9.59 Å². The van der Waals surface area contributed by atoms with Gasteiger partial charge in [0.15, 0.2) is 6.61 Å². The summed E-state index contributed by atoms with van der Waals surface area (Å²) in [6.07, 6.45) is 5.04. The predicted molar refractivity (Wildman–Crippen MR) is 85.3 cm³/mol. The van der Waals surface area contributed by atoms with Crippen molar-refractivity contribution in [3.8, 4) is 0 Å². The summed E-state index contributed by atoms with van der Waals surface area (Å²) in [5.41, 5.74) is 0.716. The van der Waals surface area contributed by atoms with Gasteiger partial charge >= 0.3 is 5.97 Å². The molecule has 1 aliphatic rings. The third-order valence-electron chi connectivity index (χ3n) is 3.40. The minimum Gasteiger partial charge on any atom is -0.456 e. The number of ether oxygens (including phenoxy) is 1. The second-order valence-electron chi connectivity index (χ2n) is 5.07. The van der Waals surface area contributed by atoms with Crippen molar-refractivity contribution in [2.45, 2.75) is 32.1 Å². The number of nitrogens with one attached hydrogen (secondary N) is 1. The van der Waals surface area contributed by atoms with E-state index in [4.69, 9.17) is 4.74 Å². The molecule has 1 aromatic carbocycles. The number of halogens is 1. The highest BCUT2D eigenvalue weighted by atomic mass is 127. The average Bonchev–Trinajstić information content (AvgIpc) is 2.89. The van der Waals surface area contributed by atoms with Gasteiger partial charge in [0.1, 0.15) is 0 Å². The molecule has 108 valence electrons. The Morgan fingerprint density at radius 1 is 1.30 bits per heavy atom. The monoisotopic (exact) mass is 387 g/mol. The zero-order valence-electron chi connectivity index (χ0n) is 11.2. The van der Waals surface area contributed by atoms with Gasteiger partial charge in [0.05, 0.1) is 0 Å². The van der Waals surface area contributed by atoms with Gasteiger partial charge in [-0.25, -0.2) is 0 Å². The third kappa shape index (κ3) is 5.11. The first-order chi connectivity index (χ1) is 9.63. The number of carbonyl (C=O) groups is 2. The number of amides is 1. The molecule has 4 nitrogen and oxygen atoms in total. The number of rotatable bonds is 5. The number of hydrogen-bond acceptors (Lipinski definition) is 3. The lowest BCUT2D eigenvalue weighted by atomic mass is 10.1. The van der Waals surface area contributed by atoms with Crippen LogP contribution in [0.3, 0.4) is 0 Å². The first-order valence-corrected chi connectivity index (χ1v) is 7.92. The van der Waals surface area contributed by atoms with Crippen LogP contribution >= 0.6 is 22.6 Å². The Bertz CT molecular complexity index is 484. The van der Waals surface area contributed by atoms with Crippen molar-refractivity contribution in [2.75, 3.05) is 11.9 Å². The van der Waals surface area contributed by atoms with Crippen LogP contribution in [-0.2, 0) is 14.3 Å². The molecular formula is C15H18INO3. The van der Waals surface area contributed by atoms with Gasteiger partial charge in [0.2, 0.25) is 0 Å². The fourth-order valence-corrected chi connectivity index (χ4v) is 2.96. The van der Waals surface area contributed by atoms with Gasteiger partial charge in [-0.05, 0) is 59.5 Å². The summed E-state index contributed by atoms with van der Waals surface area (Å²) in [5.74, 6) is -0.122. The maximum absolute atomic E-state index is 11.7. The standard InChI is InChI=1S/C15H18INO3/c16-12-6-3-7-13(9-12)17-14(18)10-20-15(19)8-11-4-1-2-5-11/h3,6-7,9,11H,1-2,4-5,8,10H2,(H,17,18). The van der Waals surface area contributed by atoms with E-state index in [1.54, 1.807) is 6.07 Å². The number of esters is 1. The Labute approximate surface area is 132 Å². The van der Waals surface area contributed by atoms with Crippen LogP contribution in [0.25, 0.3) is 0 Å². The molecule has 5 heteroatoms. The van der Waals surface area contributed by atoms with Crippen molar-refractivity contribution in [2.24, 2.45) is 5.92 Å². The zero-order chi connectivity index (χ0) is 14.4. The van der Waals surface area contributed by atoms with Gasteiger partial charge in [-0.2, -0.15) is 0 Å². The number of carbonyl (C=O) groups excluding carboxylic acids is 2. The molecule has 0 atom stereocenters. The zero-order valence-corrected chi connectivity index (χ0v) is 13.4. The lowest BCUT2D eigenvalue weighted by Crippen LogP contribution is -2.21. The molecule has 0 spiro atoms. The number of benzene rings is 1. The van der Waals surface area contributed by atoms with Crippen LogP contribution in [0.15, 0.2) is 24.3 Å². The Kier molecular flexibility index (Phi) is 5.82. The van der Waals surface area contributed by atoms with Crippen molar-refractivity contribution in [1.29, 1.82) is 0 Å². The fourth-order valence-electron chi connectivity index (χ4n) is 2.42. The maximum Gasteiger partial charge on any atom is 0.306 e. The summed E-state index contributed by atoms with van der Waals surface area (Å²) >= 11 is 2.17. The Morgan fingerprint density at radius 3 is 2.75 bits per heavy atom. The van der Waals surface area contributed by atoms with E-state index in [1.165, 1.54) is 12.8 Å². The van der Waals surface area contributed by atoms with Crippen molar-refractivity contribution in [3.05, 3.63) is 27.8 Å². The molecule has 0 aromatic heterocycles. The minimum absolute atomic E-state index is 0.211. The van der Waals surface area contributed by atoms with E-state index in [0.29, 0.717) is 18.0 Å². The molecule has 0 aliphatic heterocycles. The highest BCUT2D eigenvalue weighted by Crippen LogP contribution is 2.27. The first-order valence-electron chi connectivity index (χ1n) is 6.84. The largest absolute Gasteiger partial charge is 0.456 e. The van der Waals surface area contributed by atoms with Gasteiger partial charge in [0, 0.05) is 15.7 Å². The first kappa shape index (κ1) is 15.3. The molecule has 1 fully saturated rings. The Morgan fingerprint density at radius 2 is 2.05 bits per heavy atom. The van der Waals surface area contributed by atoms with Gasteiger partial charge in [-0.1, -0.05) is 18.9 Å². The summed E-state index contributed by atoms with van der Waals surface area (Å²) in [7, 11) is 0. The van der Waals surface area contributed by atoms with Crippen LogP contribution in [0, 0.1) is 9.49 Å². The van der Waals surface area contributed by atoms with E-state index in [-0.39, 0.29) is 18.5 Å². The smallest absolute Gasteiger partial charge is 0.306 e. The highest BCUT2D eigenvalue weighted by molar-refractivity contribution is 14.1. The van der Waals surface area contributed by atoms with Crippen molar-refractivity contribution in [3.63, 3.8) is 0 Å². The molecule has 0 unspecified atom stereocenters. The Hall–Kier alpha value is -1.11. The molecule has 1 aromatic rings. The SMILES string of the molecule is O=C(COC(=O)CC1CCCC1)Nc1cccc(I)c1. The highest BCUT2D eigenvalue weighted by Gasteiger charge is 2.19. The van der Waals surface area contributed by atoms with Crippen LogP contribution in [0.5, 0.6) is 0 Å². The lowest BCUT2D eigenvalue weighted by molar-refractivity contribution is -0.148. The van der Waals surface area contributed by atoms with Crippen LogP contribution in [-0.4, -0.2) is 18.5 Å². The summed E-state index contributed by atoms with van der Waals surface area (Å²) in [4.78, 5) is 23.3. The summed E-state index contributed by atoms with van der Waals surface area (Å²) < 4.78 is 6.06. The molecule has 1 N–H and O–H groups in total. The quantitative estimate of drug-likeness (QED) is 0.623. The molecule has 1 saturated carbocycles. The lowest BCUT2D eigenvalue weighted by Gasteiger charge is -2.09. The van der Waals surface area contributed by atoms with Crippen LogP contribution in [0.4, 0.5) is 5.69 Å². The summed E-state index contributed by atoms with van der Waals surface area (Å²) in [6, 6.07) is 7.47. The topological polar surface area (TPSA) is 55.4 Å². The van der Waals surface area contributed by atoms with Crippen LogP contribution in [0.1, 0.15) is 32.1 Å². The normalized spacial score (nSPS) is 15.1. The molecule has 20 heavy (non-hydrogen) atoms. The van der Waals surface area contributed by atoms with E-state index in [0.717, 1.165) is 16.4 Å². The third-order valence-corrected chi connectivity index (χ3v) is 4.07. The molecule has 1 aliphatic carbocycles. The van der Waals surface area contributed by atoms with Crippen LogP contribution < -0.4 is 5.32 Å². The van der Waals surface area contributed by atoms with E-state index in [2.05, 4.69) is 27.9 Å². The van der Waals surface area contributed by atoms with E-state index < -0.39 is 0 Å². The molecule has 0 bridgehead atoms. The van der Waals surface area contributed by atoms with Crippen molar-refractivity contribution < 1.29 is 14.3 Å². The van der Waals surface area contributed by atoms with Crippen molar-refractivity contribution >= 4 is 40.2 Å². The summed E-state index contributed by atoms with van der Waals surface area (Å²) in [5, 5.41) is 2.71. The van der Waals surface area contributed by atoms with Gasteiger partial charge in [-0.15, -0.1) is 0 Å². The second kappa shape index (κ2) is 7.61. The predicted octanol–water partition coefficient (Wildman–Crippen LogP) is 3.35. The number of hydrogen-bond donors (Lipinski definition) is 1.